The molecule has 1 aromatic rings. The lowest BCUT2D eigenvalue weighted by atomic mass is 10.0. The van der Waals surface area contributed by atoms with Crippen molar-refractivity contribution in [2.75, 3.05) is 6.54 Å². The second kappa shape index (κ2) is 6.72. The van der Waals surface area contributed by atoms with Crippen molar-refractivity contribution in [2.24, 2.45) is 5.92 Å². The second-order valence-corrected chi connectivity index (χ2v) is 4.50. The van der Waals surface area contributed by atoms with Crippen LogP contribution in [0.4, 0.5) is 0 Å². The van der Waals surface area contributed by atoms with Crippen molar-refractivity contribution in [2.45, 2.75) is 13.3 Å². The number of rotatable bonds is 6. The van der Waals surface area contributed by atoms with Crippen LogP contribution in [-0.4, -0.2) is 18.2 Å². The van der Waals surface area contributed by atoms with Gasteiger partial charge in [-0.3, -0.25) is 9.59 Å². The van der Waals surface area contributed by atoms with Crippen molar-refractivity contribution in [3.63, 3.8) is 0 Å². The smallest absolute Gasteiger partial charge is 0.245 e. The Morgan fingerprint density at radius 3 is 2.94 bits per heavy atom. The van der Waals surface area contributed by atoms with Crippen molar-refractivity contribution in [3.05, 3.63) is 34.5 Å². The Morgan fingerprint density at radius 1 is 1.67 bits per heavy atom. The van der Waals surface area contributed by atoms with Crippen LogP contribution in [0.2, 0.25) is 0 Å². The van der Waals surface area contributed by atoms with Gasteiger partial charge < -0.3 is 5.32 Å². The van der Waals surface area contributed by atoms with Crippen LogP contribution in [0.3, 0.4) is 0 Å². The van der Waals surface area contributed by atoms with Gasteiger partial charge in [0, 0.05) is 6.54 Å². The highest BCUT2D eigenvalue weighted by molar-refractivity contribution is 7.12. The van der Waals surface area contributed by atoms with E-state index in [4.69, 9.17) is 5.26 Å². The van der Waals surface area contributed by atoms with Crippen molar-refractivity contribution < 1.29 is 9.59 Å². The first-order valence-electron chi connectivity index (χ1n) is 5.54. The third-order valence-corrected chi connectivity index (χ3v) is 3.40. The molecule has 0 saturated heterocycles. The lowest BCUT2D eigenvalue weighted by molar-refractivity contribution is -0.121. The average Bonchev–Trinajstić information content (AvgIpc) is 2.85. The van der Waals surface area contributed by atoms with E-state index in [0.717, 1.165) is 5.56 Å². The van der Waals surface area contributed by atoms with Crippen LogP contribution in [0.1, 0.15) is 22.2 Å². The molecular weight excluding hydrogens is 248 g/mol. The maximum atomic E-state index is 12.1. The van der Waals surface area contributed by atoms with Crippen LogP contribution in [-0.2, 0) is 11.2 Å². The zero-order chi connectivity index (χ0) is 13.5. The fourth-order valence-corrected chi connectivity index (χ4v) is 2.44. The summed E-state index contributed by atoms with van der Waals surface area (Å²) >= 11 is 1.27. The molecule has 94 valence electrons. The normalized spacial score (nSPS) is 11.3. The third-order valence-electron chi connectivity index (χ3n) is 2.43. The monoisotopic (exact) mass is 262 g/mol. The largest absolute Gasteiger partial charge is 0.351 e. The fraction of sp³-hybridized carbons (Fsp3) is 0.308. The molecule has 4 nitrogen and oxygen atoms in total. The minimum Gasteiger partial charge on any atom is -0.351 e. The van der Waals surface area contributed by atoms with Crippen LogP contribution in [0.25, 0.3) is 0 Å². The summed E-state index contributed by atoms with van der Waals surface area (Å²) in [6, 6.07) is 3.60. The number of amides is 1. The number of hydrogen-bond acceptors (Lipinski definition) is 4. The molecular formula is C13H14N2O2S. The van der Waals surface area contributed by atoms with Gasteiger partial charge in [0.2, 0.25) is 5.91 Å². The van der Waals surface area contributed by atoms with E-state index in [1.54, 1.807) is 11.4 Å². The molecule has 0 aromatic carbocycles. The third kappa shape index (κ3) is 3.05. The Kier molecular flexibility index (Phi) is 5.28. The molecule has 0 saturated carbocycles. The molecule has 1 heterocycles. The molecule has 1 amide bonds. The Bertz CT molecular complexity index is 499. The number of carbonyl (C=O) groups is 2. The van der Waals surface area contributed by atoms with E-state index in [9.17, 15) is 9.59 Å². The topological polar surface area (TPSA) is 70.0 Å². The number of nitrogens with zero attached hydrogens (tertiary/aromatic N) is 1. The number of hydrogen-bond donors (Lipinski definition) is 1. The first-order chi connectivity index (χ1) is 8.65. The lowest BCUT2D eigenvalue weighted by Gasteiger charge is -2.08. The summed E-state index contributed by atoms with van der Waals surface area (Å²) < 4.78 is 0. The lowest BCUT2D eigenvalue weighted by Crippen LogP contribution is -2.34. The number of carbonyl (C=O) groups excluding carboxylic acids is 2. The van der Waals surface area contributed by atoms with Gasteiger partial charge in [-0.15, -0.1) is 17.9 Å². The van der Waals surface area contributed by atoms with Crippen LogP contribution in [0.15, 0.2) is 24.1 Å². The number of nitrogens with one attached hydrogen (secondary N) is 1. The van der Waals surface area contributed by atoms with Gasteiger partial charge in [0.1, 0.15) is 0 Å². The highest BCUT2D eigenvalue weighted by Gasteiger charge is 2.29. The SMILES string of the molecule is C=CCNC(=O)[C@@H](C#N)C(=O)c1sccc1CC. The number of aryl methyl sites for hydroxylation is 1. The van der Waals surface area contributed by atoms with Crippen molar-refractivity contribution in [1.29, 1.82) is 5.26 Å². The summed E-state index contributed by atoms with van der Waals surface area (Å²) in [7, 11) is 0. The van der Waals surface area contributed by atoms with Gasteiger partial charge in [-0.2, -0.15) is 5.26 Å². The van der Waals surface area contributed by atoms with Crippen molar-refractivity contribution >= 4 is 23.0 Å². The van der Waals surface area contributed by atoms with Crippen molar-refractivity contribution in [3.8, 4) is 6.07 Å². The predicted molar refractivity (Wildman–Crippen MR) is 70.3 cm³/mol. The second-order valence-electron chi connectivity index (χ2n) is 3.59. The first kappa shape index (κ1) is 14.1. The van der Waals surface area contributed by atoms with Crippen LogP contribution < -0.4 is 5.32 Å². The summed E-state index contributed by atoms with van der Waals surface area (Å²) in [4.78, 5) is 24.3. The number of nitriles is 1. The molecule has 0 aliphatic carbocycles. The standard InChI is InChI=1S/C13H14N2O2S/c1-3-6-15-13(17)10(8-14)11(16)12-9(4-2)5-7-18-12/h3,5,7,10H,1,4,6H2,2H3,(H,15,17)/t10-/m0/s1. The average molecular weight is 262 g/mol. The van der Waals surface area contributed by atoms with Gasteiger partial charge >= 0.3 is 0 Å². The molecule has 0 bridgehead atoms. The van der Waals surface area contributed by atoms with E-state index in [-0.39, 0.29) is 6.54 Å². The van der Waals surface area contributed by atoms with E-state index in [1.807, 2.05) is 13.0 Å². The molecule has 0 aliphatic rings. The number of thiophene rings is 1. The molecule has 0 radical (unpaired) electrons. The molecule has 0 spiro atoms. The highest BCUT2D eigenvalue weighted by Crippen LogP contribution is 2.21. The van der Waals surface area contributed by atoms with Crippen molar-refractivity contribution in [1.82, 2.24) is 5.32 Å². The van der Waals surface area contributed by atoms with Gasteiger partial charge in [-0.1, -0.05) is 13.0 Å². The zero-order valence-electron chi connectivity index (χ0n) is 10.1. The molecule has 1 aromatic heterocycles. The summed E-state index contributed by atoms with van der Waals surface area (Å²) in [5, 5.41) is 13.2. The van der Waals surface area contributed by atoms with Gasteiger partial charge in [0.05, 0.1) is 10.9 Å². The number of ketones is 1. The summed E-state index contributed by atoms with van der Waals surface area (Å²) in [5.74, 6) is -2.28. The maximum absolute atomic E-state index is 12.1. The Morgan fingerprint density at radius 2 is 2.39 bits per heavy atom. The van der Waals surface area contributed by atoms with E-state index < -0.39 is 17.6 Å². The van der Waals surface area contributed by atoms with Crippen LogP contribution in [0.5, 0.6) is 0 Å². The van der Waals surface area contributed by atoms with Crippen LogP contribution >= 0.6 is 11.3 Å². The molecule has 5 heteroatoms. The van der Waals surface area contributed by atoms with Gasteiger partial charge in [0.15, 0.2) is 11.7 Å². The summed E-state index contributed by atoms with van der Waals surface area (Å²) in [6.45, 7) is 5.63. The van der Waals surface area contributed by atoms with E-state index >= 15 is 0 Å². The highest BCUT2D eigenvalue weighted by atomic mass is 32.1. The summed E-state index contributed by atoms with van der Waals surface area (Å²) in [6.07, 6.45) is 2.20. The quantitative estimate of drug-likeness (QED) is 0.484. The van der Waals surface area contributed by atoms with Gasteiger partial charge in [-0.05, 0) is 23.4 Å². The summed E-state index contributed by atoms with van der Waals surface area (Å²) in [5.41, 5.74) is 0.877. The number of Topliss-reactive ketones (excluding diaryl/α,β-unsaturated/α-hetero) is 1. The van der Waals surface area contributed by atoms with Crippen LogP contribution in [0, 0.1) is 17.2 Å². The minimum absolute atomic E-state index is 0.245. The Hall–Kier alpha value is -1.93. The van der Waals surface area contributed by atoms with E-state index in [1.165, 1.54) is 17.4 Å². The van der Waals surface area contributed by atoms with Gasteiger partial charge in [0.25, 0.3) is 0 Å². The Balaban J connectivity index is 2.90. The molecule has 1 N–H and O–H groups in total. The zero-order valence-corrected chi connectivity index (χ0v) is 10.9. The molecule has 1 rings (SSSR count). The molecule has 0 fully saturated rings. The molecule has 0 unspecified atom stereocenters. The van der Waals surface area contributed by atoms with Gasteiger partial charge in [-0.25, -0.2) is 0 Å². The van der Waals surface area contributed by atoms with E-state index in [0.29, 0.717) is 11.3 Å². The predicted octanol–water partition coefficient (Wildman–Crippen LogP) is 1.94. The first-order valence-corrected chi connectivity index (χ1v) is 6.42. The Labute approximate surface area is 110 Å². The molecule has 18 heavy (non-hydrogen) atoms. The molecule has 1 atom stereocenters. The molecule has 0 aliphatic heterocycles. The fourth-order valence-electron chi connectivity index (χ4n) is 1.47. The van der Waals surface area contributed by atoms with E-state index in [2.05, 4.69) is 11.9 Å². The minimum atomic E-state index is -1.28. The maximum Gasteiger partial charge on any atom is 0.245 e.